The number of hydrogen-bond acceptors (Lipinski definition) is 6. The summed E-state index contributed by atoms with van der Waals surface area (Å²) >= 11 is 0. The second kappa shape index (κ2) is 9.59. The maximum absolute atomic E-state index is 14.1. The van der Waals surface area contributed by atoms with Gasteiger partial charge in [0.25, 0.3) is 0 Å². The zero-order valence-corrected chi connectivity index (χ0v) is 24.0. The molecule has 37 heavy (non-hydrogen) atoms. The summed E-state index contributed by atoms with van der Waals surface area (Å²) in [6.07, 6.45) is 3.78. The van der Waals surface area contributed by atoms with Gasteiger partial charge < -0.3 is 14.9 Å². The van der Waals surface area contributed by atoms with Crippen LogP contribution in [0, 0.1) is 39.4 Å². The number of Topliss-reactive ketones (excluding diaryl/α,β-unsaturated/α-hetero) is 2. The van der Waals surface area contributed by atoms with Crippen LogP contribution < -0.4 is 0 Å². The summed E-state index contributed by atoms with van der Waals surface area (Å²) in [6, 6.07) is 0. The third-order valence-electron chi connectivity index (χ3n) is 11.6. The Bertz CT molecular complexity index is 996. The standard InChI is InChI=1S/C31H48O6/c1-8-9-14-37-25(36)11-10-18(2)19-15-24(35)31(7)27-20(32)16-22-28(3,4)23(34)12-13-29(22,5)26(27)21(33)17-30(19,31)6/h18-20,22-23,32,34H,8-17H2,1-7H3/t18-,19-,20+,22+,23+,29+,30-,31+/m1/s1. The molecule has 208 valence electrons. The first-order valence-corrected chi connectivity index (χ1v) is 14.5. The SMILES string of the molecule is CCCCOC(=O)CC[C@@H](C)[C@H]1CC(=O)[C@@]2(C)C3=C(C(=O)C[C@]12C)[C@@]1(C)CC[C@H](O)C(C)(C)[C@@H]1C[C@@H]3O. The van der Waals surface area contributed by atoms with Crippen LogP contribution >= 0.6 is 0 Å². The summed E-state index contributed by atoms with van der Waals surface area (Å²) in [7, 11) is 0. The van der Waals surface area contributed by atoms with Gasteiger partial charge in [-0.05, 0) is 78.6 Å². The van der Waals surface area contributed by atoms with Crippen molar-refractivity contribution in [3.63, 3.8) is 0 Å². The molecule has 0 aromatic heterocycles. The number of ketones is 2. The van der Waals surface area contributed by atoms with Crippen molar-refractivity contribution in [3.05, 3.63) is 11.1 Å². The summed E-state index contributed by atoms with van der Waals surface area (Å²) in [6.45, 7) is 14.8. The number of esters is 1. The van der Waals surface area contributed by atoms with E-state index in [9.17, 15) is 24.6 Å². The molecule has 0 aromatic carbocycles. The Kier molecular flexibility index (Phi) is 7.38. The molecule has 6 nitrogen and oxygen atoms in total. The number of carbonyl (C=O) groups excluding carboxylic acids is 3. The highest BCUT2D eigenvalue weighted by Crippen LogP contribution is 2.70. The first-order chi connectivity index (χ1) is 17.2. The number of aliphatic hydroxyl groups excluding tert-OH is 2. The fourth-order valence-corrected chi connectivity index (χ4v) is 9.05. The maximum atomic E-state index is 14.1. The van der Waals surface area contributed by atoms with E-state index in [1.807, 2.05) is 20.8 Å². The summed E-state index contributed by atoms with van der Waals surface area (Å²) in [4.78, 5) is 40.3. The van der Waals surface area contributed by atoms with Crippen LogP contribution in [0.1, 0.15) is 106 Å². The van der Waals surface area contributed by atoms with Gasteiger partial charge in [-0.2, -0.15) is 0 Å². The van der Waals surface area contributed by atoms with Gasteiger partial charge in [-0.1, -0.05) is 48.0 Å². The van der Waals surface area contributed by atoms with E-state index in [0.717, 1.165) is 12.8 Å². The van der Waals surface area contributed by atoms with Crippen LogP contribution in [-0.4, -0.2) is 46.6 Å². The molecular formula is C31H48O6. The molecule has 0 bridgehead atoms. The zero-order chi connectivity index (χ0) is 27.6. The van der Waals surface area contributed by atoms with Crippen LogP contribution in [0.3, 0.4) is 0 Å². The van der Waals surface area contributed by atoms with Crippen LogP contribution in [0.4, 0.5) is 0 Å². The van der Waals surface area contributed by atoms with E-state index in [1.165, 1.54) is 0 Å². The minimum atomic E-state index is -0.912. The minimum absolute atomic E-state index is 0.0423. The maximum Gasteiger partial charge on any atom is 0.305 e. The normalized spacial score (nSPS) is 41.6. The molecule has 8 atom stereocenters. The average Bonchev–Trinajstić information content (AvgIpc) is 3.03. The van der Waals surface area contributed by atoms with E-state index in [4.69, 9.17) is 4.74 Å². The van der Waals surface area contributed by atoms with E-state index in [-0.39, 0.29) is 41.7 Å². The van der Waals surface area contributed by atoms with Gasteiger partial charge in [0, 0.05) is 24.8 Å². The molecule has 6 heteroatoms. The van der Waals surface area contributed by atoms with Crippen molar-refractivity contribution in [2.75, 3.05) is 6.61 Å². The molecule has 0 aliphatic heterocycles. The average molecular weight is 517 g/mol. The fraction of sp³-hybridized carbons (Fsp3) is 0.839. The number of allylic oxidation sites excluding steroid dienone is 1. The van der Waals surface area contributed by atoms with Crippen molar-refractivity contribution < 1.29 is 29.3 Å². The second-order valence-corrected chi connectivity index (χ2v) is 13.9. The summed E-state index contributed by atoms with van der Waals surface area (Å²) in [5, 5.41) is 22.4. The lowest BCUT2D eigenvalue weighted by atomic mass is 9.42. The number of rotatable bonds is 7. The second-order valence-electron chi connectivity index (χ2n) is 13.9. The van der Waals surface area contributed by atoms with Gasteiger partial charge >= 0.3 is 5.97 Å². The van der Waals surface area contributed by atoms with Crippen LogP contribution in [0.15, 0.2) is 11.1 Å². The lowest BCUT2D eigenvalue weighted by Gasteiger charge is -2.61. The third kappa shape index (κ3) is 4.07. The van der Waals surface area contributed by atoms with Crippen LogP contribution in [0.2, 0.25) is 0 Å². The molecule has 0 amide bonds. The first kappa shape index (κ1) is 28.5. The van der Waals surface area contributed by atoms with Crippen molar-refractivity contribution in [1.82, 2.24) is 0 Å². The van der Waals surface area contributed by atoms with Crippen molar-refractivity contribution in [2.24, 2.45) is 39.4 Å². The lowest BCUT2D eigenvalue weighted by molar-refractivity contribution is -0.145. The molecule has 4 aliphatic carbocycles. The number of unbranched alkanes of at least 4 members (excludes halogenated alkanes) is 1. The quantitative estimate of drug-likeness (QED) is 0.357. The Labute approximate surface area is 222 Å². The van der Waals surface area contributed by atoms with Gasteiger partial charge in [0.15, 0.2) is 5.78 Å². The van der Waals surface area contributed by atoms with Gasteiger partial charge in [-0.3, -0.25) is 14.4 Å². The van der Waals surface area contributed by atoms with E-state index < -0.39 is 33.9 Å². The monoisotopic (exact) mass is 516 g/mol. The smallest absolute Gasteiger partial charge is 0.305 e. The predicted molar refractivity (Wildman–Crippen MR) is 141 cm³/mol. The number of hydrogen-bond donors (Lipinski definition) is 2. The number of ether oxygens (including phenoxy) is 1. The van der Waals surface area contributed by atoms with E-state index in [0.29, 0.717) is 56.3 Å². The van der Waals surface area contributed by atoms with Gasteiger partial charge in [0.2, 0.25) is 0 Å². The number of carbonyl (C=O) groups is 3. The van der Waals surface area contributed by atoms with Crippen LogP contribution in [0.5, 0.6) is 0 Å². The van der Waals surface area contributed by atoms with Crippen molar-refractivity contribution >= 4 is 17.5 Å². The van der Waals surface area contributed by atoms with Crippen molar-refractivity contribution in [3.8, 4) is 0 Å². The highest BCUT2D eigenvalue weighted by molar-refractivity contribution is 6.05. The first-order valence-electron chi connectivity index (χ1n) is 14.5. The van der Waals surface area contributed by atoms with Gasteiger partial charge in [0.1, 0.15) is 5.78 Å². The van der Waals surface area contributed by atoms with E-state index in [1.54, 1.807) is 0 Å². The molecule has 4 aliphatic rings. The molecule has 0 spiro atoms. The number of fused-ring (bicyclic) bond motifs is 4. The molecule has 0 aromatic rings. The third-order valence-corrected chi connectivity index (χ3v) is 11.6. The van der Waals surface area contributed by atoms with E-state index >= 15 is 0 Å². The molecule has 2 saturated carbocycles. The molecule has 4 rings (SSSR count). The Balaban J connectivity index is 1.68. The van der Waals surface area contributed by atoms with E-state index in [2.05, 4.69) is 27.7 Å². The van der Waals surface area contributed by atoms with Gasteiger partial charge in [-0.15, -0.1) is 0 Å². The molecule has 2 N–H and O–H groups in total. The Morgan fingerprint density at radius 3 is 2.46 bits per heavy atom. The summed E-state index contributed by atoms with van der Waals surface area (Å²) in [5.74, 6) is -0.0655. The topological polar surface area (TPSA) is 101 Å². The largest absolute Gasteiger partial charge is 0.466 e. The van der Waals surface area contributed by atoms with Crippen molar-refractivity contribution in [2.45, 2.75) is 118 Å². The summed E-state index contributed by atoms with van der Waals surface area (Å²) in [5.41, 5.74) is -1.08. The van der Waals surface area contributed by atoms with Crippen molar-refractivity contribution in [1.29, 1.82) is 0 Å². The zero-order valence-electron chi connectivity index (χ0n) is 24.0. The molecule has 0 heterocycles. The van der Waals surface area contributed by atoms with Gasteiger partial charge in [-0.25, -0.2) is 0 Å². The highest BCUT2D eigenvalue weighted by Gasteiger charge is 2.70. The Hall–Kier alpha value is -1.53. The minimum Gasteiger partial charge on any atom is -0.466 e. The summed E-state index contributed by atoms with van der Waals surface area (Å²) < 4.78 is 5.34. The fourth-order valence-electron chi connectivity index (χ4n) is 9.05. The highest BCUT2D eigenvalue weighted by atomic mass is 16.5. The predicted octanol–water partition coefficient (Wildman–Crippen LogP) is 5.19. The Morgan fingerprint density at radius 2 is 1.81 bits per heavy atom. The molecule has 0 saturated heterocycles. The molecule has 2 fully saturated rings. The van der Waals surface area contributed by atoms with Gasteiger partial charge in [0.05, 0.1) is 24.2 Å². The number of aliphatic hydroxyl groups is 2. The molecule has 0 radical (unpaired) electrons. The molecular weight excluding hydrogens is 468 g/mol. The van der Waals surface area contributed by atoms with Crippen LogP contribution in [-0.2, 0) is 19.1 Å². The molecule has 0 unspecified atom stereocenters. The Morgan fingerprint density at radius 1 is 1.14 bits per heavy atom. The van der Waals surface area contributed by atoms with Crippen LogP contribution in [0.25, 0.3) is 0 Å². The lowest BCUT2D eigenvalue weighted by Crippen LogP contribution is -2.60.